The summed E-state index contributed by atoms with van der Waals surface area (Å²) in [5.41, 5.74) is 0.293. The normalized spacial score (nSPS) is 41.3. The smallest absolute Gasteiger partial charge is 0.0626 e. The maximum Gasteiger partial charge on any atom is 0.0626 e. The highest BCUT2D eigenvalue weighted by Crippen LogP contribution is 2.40. The van der Waals surface area contributed by atoms with Gasteiger partial charge in [0.2, 0.25) is 0 Å². The van der Waals surface area contributed by atoms with E-state index in [0.717, 1.165) is 37.0 Å². The van der Waals surface area contributed by atoms with Crippen molar-refractivity contribution in [3.8, 4) is 0 Å². The molecule has 4 saturated heterocycles. The van der Waals surface area contributed by atoms with Crippen LogP contribution in [0.5, 0.6) is 0 Å². The molecule has 4 aliphatic rings. The predicted molar refractivity (Wildman–Crippen MR) is 103 cm³/mol. The summed E-state index contributed by atoms with van der Waals surface area (Å²) in [5, 5.41) is 0. The van der Waals surface area contributed by atoms with Crippen LogP contribution in [-0.2, 0) is 4.74 Å². The van der Waals surface area contributed by atoms with Gasteiger partial charge in [-0.3, -0.25) is 14.7 Å². The fourth-order valence-corrected chi connectivity index (χ4v) is 5.92. The van der Waals surface area contributed by atoms with E-state index in [1.54, 1.807) is 0 Å². The lowest BCUT2D eigenvalue weighted by Gasteiger charge is -2.48. The van der Waals surface area contributed by atoms with E-state index in [1.807, 2.05) is 0 Å². The number of piperazine rings is 1. The number of nitrogens with zero attached hydrogens (tertiary/aromatic N) is 3. The highest BCUT2D eigenvalue weighted by Gasteiger charge is 2.49. The first-order chi connectivity index (χ1) is 11.8. The van der Waals surface area contributed by atoms with Crippen LogP contribution in [0.1, 0.15) is 47.5 Å². The van der Waals surface area contributed by atoms with Crippen molar-refractivity contribution in [3.63, 3.8) is 0 Å². The van der Waals surface area contributed by atoms with E-state index in [4.69, 9.17) is 4.74 Å². The molecule has 4 rings (SSSR count). The lowest BCUT2D eigenvalue weighted by Crippen LogP contribution is -2.61. The number of fused-ring (bicyclic) bond motifs is 2. The quantitative estimate of drug-likeness (QED) is 0.762. The fraction of sp³-hybridized carbons (Fsp3) is 1.00. The zero-order chi connectivity index (χ0) is 17.8. The van der Waals surface area contributed by atoms with Crippen molar-refractivity contribution in [2.75, 3.05) is 45.9 Å². The van der Waals surface area contributed by atoms with Crippen molar-refractivity contribution in [1.29, 1.82) is 0 Å². The van der Waals surface area contributed by atoms with E-state index in [-0.39, 0.29) is 0 Å². The van der Waals surface area contributed by atoms with Crippen LogP contribution in [0.15, 0.2) is 0 Å². The fourth-order valence-electron chi connectivity index (χ4n) is 5.92. The second-order valence-corrected chi connectivity index (χ2v) is 10.4. The summed E-state index contributed by atoms with van der Waals surface area (Å²) in [5.74, 6) is 2.46. The predicted octanol–water partition coefficient (Wildman–Crippen LogP) is 2.54. The third-order valence-electron chi connectivity index (χ3n) is 7.68. The van der Waals surface area contributed by atoms with Crippen molar-refractivity contribution in [3.05, 3.63) is 0 Å². The van der Waals surface area contributed by atoms with E-state index in [2.05, 4.69) is 49.3 Å². The van der Waals surface area contributed by atoms with Gasteiger partial charge < -0.3 is 4.74 Å². The minimum Gasteiger partial charge on any atom is -0.378 e. The summed E-state index contributed by atoms with van der Waals surface area (Å²) in [6.07, 6.45) is 2.72. The molecule has 0 radical (unpaired) electrons. The maximum absolute atomic E-state index is 6.14. The van der Waals surface area contributed by atoms with Crippen molar-refractivity contribution in [1.82, 2.24) is 14.7 Å². The highest BCUT2D eigenvalue weighted by molar-refractivity contribution is 5.03. The van der Waals surface area contributed by atoms with E-state index in [0.29, 0.717) is 17.6 Å². The first-order valence-corrected chi connectivity index (χ1v) is 10.7. The second kappa shape index (κ2) is 6.78. The zero-order valence-corrected chi connectivity index (χ0v) is 17.1. The van der Waals surface area contributed by atoms with Crippen LogP contribution in [0, 0.1) is 17.8 Å². The van der Waals surface area contributed by atoms with Crippen LogP contribution in [-0.4, -0.2) is 84.3 Å². The van der Waals surface area contributed by atoms with E-state index < -0.39 is 0 Å². The summed E-state index contributed by atoms with van der Waals surface area (Å²) < 4.78 is 6.14. The Morgan fingerprint density at radius 3 is 2.48 bits per heavy atom. The molecule has 0 bridgehead atoms. The molecule has 0 aromatic rings. The van der Waals surface area contributed by atoms with Gasteiger partial charge in [0.25, 0.3) is 0 Å². The summed E-state index contributed by atoms with van der Waals surface area (Å²) in [6.45, 7) is 20.2. The second-order valence-electron chi connectivity index (χ2n) is 10.4. The monoisotopic (exact) mass is 349 g/mol. The number of ether oxygens (including phenoxy) is 1. The van der Waals surface area contributed by atoms with Crippen molar-refractivity contribution in [2.24, 2.45) is 17.8 Å². The van der Waals surface area contributed by atoms with Crippen LogP contribution in [0.2, 0.25) is 0 Å². The Morgan fingerprint density at radius 2 is 1.76 bits per heavy atom. The standard InChI is InChI=1S/C21H39N3O/c1-15(2)16-10-17-13-25-14-20(24(17)11-16)18-6-7-22-8-9-23(12-19(18)22)21(3,4)5/h15-20H,6-14H2,1-5H3. The minimum atomic E-state index is 0.293. The van der Waals surface area contributed by atoms with Gasteiger partial charge in [-0.2, -0.15) is 0 Å². The zero-order valence-electron chi connectivity index (χ0n) is 17.1. The lowest BCUT2D eigenvalue weighted by atomic mass is 9.88. The molecule has 0 N–H and O–H groups in total. The van der Waals surface area contributed by atoms with E-state index in [1.165, 1.54) is 45.6 Å². The van der Waals surface area contributed by atoms with E-state index >= 15 is 0 Å². The van der Waals surface area contributed by atoms with Crippen LogP contribution in [0.3, 0.4) is 0 Å². The van der Waals surface area contributed by atoms with Crippen LogP contribution < -0.4 is 0 Å². The Balaban J connectivity index is 1.49. The average Bonchev–Trinajstić information content (AvgIpc) is 3.17. The largest absolute Gasteiger partial charge is 0.378 e. The molecule has 4 fully saturated rings. The van der Waals surface area contributed by atoms with Gasteiger partial charge in [0.1, 0.15) is 0 Å². The summed E-state index contributed by atoms with van der Waals surface area (Å²) in [4.78, 5) is 8.37. The van der Waals surface area contributed by atoms with Gasteiger partial charge in [-0.15, -0.1) is 0 Å². The molecule has 0 aliphatic carbocycles. The number of rotatable bonds is 2. The molecule has 0 amide bonds. The molecule has 0 aromatic carbocycles. The van der Waals surface area contributed by atoms with Crippen LogP contribution >= 0.6 is 0 Å². The van der Waals surface area contributed by atoms with E-state index in [9.17, 15) is 0 Å². The number of hydrogen-bond donors (Lipinski definition) is 0. The molecule has 144 valence electrons. The van der Waals surface area contributed by atoms with Gasteiger partial charge in [-0.1, -0.05) is 13.8 Å². The van der Waals surface area contributed by atoms with Crippen LogP contribution in [0.4, 0.5) is 0 Å². The van der Waals surface area contributed by atoms with Gasteiger partial charge in [-0.05, 0) is 57.9 Å². The Labute approximate surface area is 154 Å². The first-order valence-electron chi connectivity index (χ1n) is 10.7. The average molecular weight is 350 g/mol. The summed E-state index contributed by atoms with van der Waals surface area (Å²) in [7, 11) is 0. The summed E-state index contributed by atoms with van der Waals surface area (Å²) >= 11 is 0. The van der Waals surface area contributed by atoms with Gasteiger partial charge in [0.05, 0.1) is 13.2 Å². The Bertz CT molecular complexity index is 474. The molecule has 4 aliphatic heterocycles. The van der Waals surface area contributed by atoms with Gasteiger partial charge >= 0.3 is 0 Å². The molecule has 5 atom stereocenters. The molecule has 0 aromatic heterocycles. The molecule has 4 heteroatoms. The van der Waals surface area contributed by atoms with Crippen molar-refractivity contribution < 1.29 is 4.74 Å². The number of morpholine rings is 1. The van der Waals surface area contributed by atoms with Gasteiger partial charge in [-0.25, -0.2) is 0 Å². The molecule has 0 saturated carbocycles. The Hall–Kier alpha value is -0.160. The molecule has 25 heavy (non-hydrogen) atoms. The van der Waals surface area contributed by atoms with Crippen LogP contribution in [0.25, 0.3) is 0 Å². The SMILES string of the molecule is CC(C)C1CC2COCC(C3CCN4CCN(C(C)(C)C)CC34)N2C1. The molecule has 5 unspecified atom stereocenters. The van der Waals surface area contributed by atoms with Gasteiger partial charge in [0.15, 0.2) is 0 Å². The highest BCUT2D eigenvalue weighted by atomic mass is 16.5. The molecule has 0 spiro atoms. The maximum atomic E-state index is 6.14. The third kappa shape index (κ3) is 3.40. The Kier molecular flexibility index (Phi) is 4.94. The van der Waals surface area contributed by atoms with Crippen molar-refractivity contribution >= 4 is 0 Å². The minimum absolute atomic E-state index is 0.293. The van der Waals surface area contributed by atoms with Crippen molar-refractivity contribution in [2.45, 2.75) is 71.1 Å². The lowest BCUT2D eigenvalue weighted by molar-refractivity contribution is -0.0645. The molecular weight excluding hydrogens is 310 g/mol. The molecular formula is C21H39N3O. The number of hydrogen-bond acceptors (Lipinski definition) is 4. The first kappa shape index (κ1) is 18.2. The van der Waals surface area contributed by atoms with Gasteiger partial charge in [0, 0.05) is 49.8 Å². The third-order valence-corrected chi connectivity index (χ3v) is 7.68. The molecule has 4 heterocycles. The summed E-state index contributed by atoms with van der Waals surface area (Å²) in [6, 6.07) is 2.07. The molecule has 4 nitrogen and oxygen atoms in total. The topological polar surface area (TPSA) is 19.0 Å². The Morgan fingerprint density at radius 1 is 0.960 bits per heavy atom.